The van der Waals surface area contributed by atoms with E-state index in [0.717, 1.165) is 28.9 Å². The second kappa shape index (κ2) is 6.14. The Bertz CT molecular complexity index is 339. The first kappa shape index (κ1) is 13.4. The maximum Gasteiger partial charge on any atom is 0.0600 e. The van der Waals surface area contributed by atoms with Gasteiger partial charge in [-0.1, -0.05) is 36.2 Å². The lowest BCUT2D eigenvalue weighted by molar-refractivity contribution is 0.548. The number of nitrogens with two attached hydrogens (primary N) is 1. The van der Waals surface area contributed by atoms with Gasteiger partial charge in [0.25, 0.3) is 0 Å². The standard InChI is InChI=1S/C13H21BrN2/c1-4-10(3)9-16(5-2)13-7-6-11(14)8-12(13)15/h6-8,10H,4-5,9,15H2,1-3H3. The maximum atomic E-state index is 6.04. The topological polar surface area (TPSA) is 29.3 Å². The molecule has 90 valence electrons. The van der Waals surface area contributed by atoms with Crippen molar-refractivity contribution < 1.29 is 0 Å². The summed E-state index contributed by atoms with van der Waals surface area (Å²) in [5, 5.41) is 0. The predicted molar refractivity (Wildman–Crippen MR) is 75.9 cm³/mol. The molecule has 0 heterocycles. The third-order valence-electron chi connectivity index (χ3n) is 2.94. The summed E-state index contributed by atoms with van der Waals surface area (Å²) in [4.78, 5) is 2.34. The van der Waals surface area contributed by atoms with Gasteiger partial charge in [0.15, 0.2) is 0 Å². The Kier molecular flexibility index (Phi) is 5.13. The van der Waals surface area contributed by atoms with E-state index in [4.69, 9.17) is 5.73 Å². The molecule has 0 fully saturated rings. The zero-order chi connectivity index (χ0) is 12.1. The van der Waals surface area contributed by atoms with Crippen LogP contribution in [0.15, 0.2) is 22.7 Å². The zero-order valence-corrected chi connectivity index (χ0v) is 11.9. The lowest BCUT2D eigenvalue weighted by atomic mass is 10.1. The first-order valence-corrected chi connectivity index (χ1v) is 6.67. The Balaban J connectivity index is 2.86. The van der Waals surface area contributed by atoms with Crippen LogP contribution in [0, 0.1) is 5.92 Å². The third-order valence-corrected chi connectivity index (χ3v) is 3.43. The highest BCUT2D eigenvalue weighted by Crippen LogP contribution is 2.27. The lowest BCUT2D eigenvalue weighted by Crippen LogP contribution is -2.28. The lowest BCUT2D eigenvalue weighted by Gasteiger charge is -2.27. The molecule has 16 heavy (non-hydrogen) atoms. The minimum Gasteiger partial charge on any atom is -0.397 e. The van der Waals surface area contributed by atoms with Crippen molar-refractivity contribution in [2.45, 2.75) is 27.2 Å². The van der Waals surface area contributed by atoms with Crippen LogP contribution in [-0.4, -0.2) is 13.1 Å². The Labute approximate surface area is 107 Å². The largest absolute Gasteiger partial charge is 0.397 e. The highest BCUT2D eigenvalue weighted by molar-refractivity contribution is 9.10. The van der Waals surface area contributed by atoms with Gasteiger partial charge in [0.2, 0.25) is 0 Å². The highest BCUT2D eigenvalue weighted by Gasteiger charge is 2.11. The normalized spacial score (nSPS) is 12.5. The second-order valence-corrected chi connectivity index (χ2v) is 5.17. The minimum atomic E-state index is 0.697. The van der Waals surface area contributed by atoms with Gasteiger partial charge in [-0.3, -0.25) is 0 Å². The molecule has 3 heteroatoms. The molecule has 1 aromatic carbocycles. The summed E-state index contributed by atoms with van der Waals surface area (Å²) in [5.74, 6) is 0.697. The number of nitrogens with zero attached hydrogens (tertiary/aromatic N) is 1. The van der Waals surface area contributed by atoms with E-state index in [-0.39, 0.29) is 0 Å². The van der Waals surface area contributed by atoms with Gasteiger partial charge in [-0.15, -0.1) is 0 Å². The van der Waals surface area contributed by atoms with Crippen LogP contribution in [0.2, 0.25) is 0 Å². The molecule has 1 aromatic rings. The maximum absolute atomic E-state index is 6.04. The van der Waals surface area contributed by atoms with Gasteiger partial charge in [-0.05, 0) is 31.0 Å². The fraction of sp³-hybridized carbons (Fsp3) is 0.538. The monoisotopic (exact) mass is 284 g/mol. The number of anilines is 2. The van der Waals surface area contributed by atoms with Crippen LogP contribution in [0.4, 0.5) is 11.4 Å². The number of hydrogen-bond acceptors (Lipinski definition) is 2. The molecular formula is C13H21BrN2. The Morgan fingerprint density at radius 3 is 2.56 bits per heavy atom. The number of benzene rings is 1. The van der Waals surface area contributed by atoms with E-state index in [0.29, 0.717) is 5.92 Å². The molecule has 0 aliphatic rings. The van der Waals surface area contributed by atoms with Gasteiger partial charge in [0, 0.05) is 17.6 Å². The van der Waals surface area contributed by atoms with Crippen molar-refractivity contribution in [3.63, 3.8) is 0 Å². The molecule has 0 aromatic heterocycles. The van der Waals surface area contributed by atoms with E-state index in [9.17, 15) is 0 Å². The quantitative estimate of drug-likeness (QED) is 0.831. The van der Waals surface area contributed by atoms with Crippen LogP contribution in [-0.2, 0) is 0 Å². The first-order chi connectivity index (χ1) is 7.58. The molecule has 0 aliphatic heterocycles. The summed E-state index contributed by atoms with van der Waals surface area (Å²) < 4.78 is 1.04. The summed E-state index contributed by atoms with van der Waals surface area (Å²) in [6.45, 7) is 8.74. The van der Waals surface area contributed by atoms with E-state index in [1.54, 1.807) is 0 Å². The van der Waals surface area contributed by atoms with Crippen molar-refractivity contribution in [1.29, 1.82) is 0 Å². The van der Waals surface area contributed by atoms with Crippen LogP contribution in [0.5, 0.6) is 0 Å². The van der Waals surface area contributed by atoms with E-state index in [1.807, 2.05) is 12.1 Å². The Morgan fingerprint density at radius 1 is 1.38 bits per heavy atom. The summed E-state index contributed by atoms with van der Waals surface area (Å²) in [6, 6.07) is 6.10. The third kappa shape index (κ3) is 3.41. The van der Waals surface area contributed by atoms with E-state index in [1.165, 1.54) is 6.42 Å². The van der Waals surface area contributed by atoms with Crippen molar-refractivity contribution >= 4 is 27.3 Å². The predicted octanol–water partition coefficient (Wildman–Crippen LogP) is 3.90. The molecule has 1 atom stereocenters. The SMILES string of the molecule is CCC(C)CN(CC)c1ccc(Br)cc1N. The number of nitrogen functional groups attached to an aromatic ring is 1. The molecule has 0 spiro atoms. The zero-order valence-electron chi connectivity index (χ0n) is 10.3. The van der Waals surface area contributed by atoms with Crippen molar-refractivity contribution in [3.8, 4) is 0 Å². The summed E-state index contributed by atoms with van der Waals surface area (Å²) in [6.07, 6.45) is 1.20. The van der Waals surface area contributed by atoms with E-state index < -0.39 is 0 Å². The van der Waals surface area contributed by atoms with Crippen LogP contribution in [0.1, 0.15) is 27.2 Å². The molecule has 2 nitrogen and oxygen atoms in total. The summed E-state index contributed by atoms with van der Waals surface area (Å²) >= 11 is 3.43. The highest BCUT2D eigenvalue weighted by atomic mass is 79.9. The van der Waals surface area contributed by atoms with Gasteiger partial charge in [-0.25, -0.2) is 0 Å². The van der Waals surface area contributed by atoms with Gasteiger partial charge in [-0.2, -0.15) is 0 Å². The van der Waals surface area contributed by atoms with Crippen molar-refractivity contribution in [3.05, 3.63) is 22.7 Å². The molecule has 1 unspecified atom stereocenters. The van der Waals surface area contributed by atoms with E-state index >= 15 is 0 Å². The average molecular weight is 285 g/mol. The molecule has 0 bridgehead atoms. The number of halogens is 1. The Morgan fingerprint density at radius 2 is 2.06 bits per heavy atom. The molecule has 0 saturated carbocycles. The average Bonchev–Trinajstić information content (AvgIpc) is 2.26. The smallest absolute Gasteiger partial charge is 0.0600 e. The number of hydrogen-bond donors (Lipinski definition) is 1. The summed E-state index contributed by atoms with van der Waals surface area (Å²) in [5.41, 5.74) is 8.03. The first-order valence-electron chi connectivity index (χ1n) is 5.88. The Hall–Kier alpha value is -0.700. The van der Waals surface area contributed by atoms with Crippen LogP contribution >= 0.6 is 15.9 Å². The van der Waals surface area contributed by atoms with Crippen molar-refractivity contribution in [2.24, 2.45) is 5.92 Å². The molecule has 1 rings (SSSR count). The molecule has 0 saturated heterocycles. The van der Waals surface area contributed by atoms with Gasteiger partial charge >= 0.3 is 0 Å². The van der Waals surface area contributed by atoms with E-state index in [2.05, 4.69) is 47.7 Å². The fourth-order valence-corrected chi connectivity index (χ4v) is 2.10. The number of rotatable bonds is 5. The molecular weight excluding hydrogens is 264 g/mol. The van der Waals surface area contributed by atoms with Crippen LogP contribution in [0.3, 0.4) is 0 Å². The molecule has 2 N–H and O–H groups in total. The van der Waals surface area contributed by atoms with Gasteiger partial charge in [0.05, 0.1) is 11.4 Å². The van der Waals surface area contributed by atoms with Crippen LogP contribution < -0.4 is 10.6 Å². The van der Waals surface area contributed by atoms with Gasteiger partial charge in [0.1, 0.15) is 0 Å². The minimum absolute atomic E-state index is 0.697. The molecule has 0 radical (unpaired) electrons. The molecule has 0 aliphatic carbocycles. The van der Waals surface area contributed by atoms with Crippen molar-refractivity contribution in [2.75, 3.05) is 23.7 Å². The van der Waals surface area contributed by atoms with Crippen LogP contribution in [0.25, 0.3) is 0 Å². The molecule has 0 amide bonds. The van der Waals surface area contributed by atoms with Crippen molar-refractivity contribution in [1.82, 2.24) is 0 Å². The fourth-order valence-electron chi connectivity index (χ4n) is 1.72. The van der Waals surface area contributed by atoms with Gasteiger partial charge < -0.3 is 10.6 Å². The second-order valence-electron chi connectivity index (χ2n) is 4.26. The summed E-state index contributed by atoms with van der Waals surface area (Å²) in [7, 11) is 0.